The molecule has 1 aromatic carbocycles. The molecule has 11 nitrogen and oxygen atoms in total. The number of esters is 1. The number of hydrogen-bond acceptors (Lipinski definition) is 12. The minimum atomic E-state index is -4.09. The summed E-state index contributed by atoms with van der Waals surface area (Å²) in [5.41, 5.74) is 0.322. The van der Waals surface area contributed by atoms with Crippen LogP contribution in [0.3, 0.4) is 0 Å². The Kier molecular flexibility index (Phi) is 7.19. The third-order valence-electron chi connectivity index (χ3n) is 3.13. The molecule has 1 amide bonds. The lowest BCUT2D eigenvalue weighted by Crippen LogP contribution is -2.12. The first-order chi connectivity index (χ1) is 14.3. The second kappa shape index (κ2) is 9.65. The summed E-state index contributed by atoms with van der Waals surface area (Å²) in [5, 5.41) is 17.7. The van der Waals surface area contributed by atoms with Crippen LogP contribution in [0.1, 0.15) is 10.4 Å². The van der Waals surface area contributed by atoms with Crippen LogP contribution in [0.25, 0.3) is 0 Å². The predicted molar refractivity (Wildman–Crippen MR) is 113 cm³/mol. The van der Waals surface area contributed by atoms with Crippen LogP contribution < -0.4 is 10.0 Å². The van der Waals surface area contributed by atoms with E-state index in [4.69, 9.17) is 11.6 Å². The van der Waals surface area contributed by atoms with E-state index in [9.17, 15) is 18.0 Å². The molecule has 0 aliphatic heterocycles. The lowest BCUT2D eigenvalue weighted by Gasteiger charge is -2.01. The van der Waals surface area contributed by atoms with Crippen molar-refractivity contribution in [1.82, 2.24) is 20.4 Å². The summed E-state index contributed by atoms with van der Waals surface area (Å²) in [6, 6.07) is 6.14. The maximum absolute atomic E-state index is 12.5. The van der Waals surface area contributed by atoms with E-state index < -0.39 is 21.9 Å². The Hall–Kier alpha value is -2.33. The van der Waals surface area contributed by atoms with Gasteiger partial charge in [-0.3, -0.25) is 19.6 Å². The average Bonchev–Trinajstić information content (AvgIpc) is 3.36. The van der Waals surface area contributed by atoms with Gasteiger partial charge in [0, 0.05) is 10.6 Å². The number of hydrogen-bond donors (Lipinski definition) is 2. The van der Waals surface area contributed by atoms with Gasteiger partial charge in [0.05, 0.1) is 12.9 Å². The SMILES string of the molecule is COC(=O)CSc1nnc(NS(=O)(=O)c2nnc(NC(=O)c3ccc(Cl)cc3)s2)s1. The van der Waals surface area contributed by atoms with Gasteiger partial charge >= 0.3 is 5.97 Å². The van der Waals surface area contributed by atoms with Gasteiger partial charge in [-0.2, -0.15) is 8.42 Å². The first-order valence-corrected chi connectivity index (χ1v) is 12.2. The molecular formula is C14H11ClN6O5S4. The van der Waals surface area contributed by atoms with E-state index >= 15 is 0 Å². The second-order valence-electron chi connectivity index (χ2n) is 5.18. The van der Waals surface area contributed by atoms with Gasteiger partial charge in [-0.25, -0.2) is 0 Å². The summed E-state index contributed by atoms with van der Waals surface area (Å²) in [6.07, 6.45) is 0. The highest BCUT2D eigenvalue weighted by atomic mass is 35.5. The van der Waals surface area contributed by atoms with Crippen LogP contribution in [0.2, 0.25) is 5.02 Å². The molecular weight excluding hydrogens is 496 g/mol. The van der Waals surface area contributed by atoms with E-state index in [0.29, 0.717) is 26.3 Å². The average molecular weight is 507 g/mol. The van der Waals surface area contributed by atoms with E-state index in [-0.39, 0.29) is 20.4 Å². The second-order valence-corrected chi connectivity index (χ2v) is 10.6. The highest BCUT2D eigenvalue weighted by Crippen LogP contribution is 2.28. The third kappa shape index (κ3) is 5.85. The molecule has 2 N–H and O–H groups in total. The maximum atomic E-state index is 12.5. The van der Waals surface area contributed by atoms with Crippen molar-refractivity contribution in [3.05, 3.63) is 34.9 Å². The minimum Gasteiger partial charge on any atom is -0.468 e. The van der Waals surface area contributed by atoms with Crippen molar-refractivity contribution < 1.29 is 22.7 Å². The molecule has 0 unspecified atom stereocenters. The number of sulfonamides is 1. The Balaban J connectivity index is 1.64. The summed E-state index contributed by atoms with van der Waals surface area (Å²) < 4.78 is 31.7. The van der Waals surface area contributed by atoms with Crippen LogP contribution in [0.4, 0.5) is 10.3 Å². The molecule has 3 aromatic rings. The fourth-order valence-electron chi connectivity index (χ4n) is 1.79. The Morgan fingerprint density at radius 2 is 1.80 bits per heavy atom. The summed E-state index contributed by atoms with van der Waals surface area (Å²) in [4.78, 5) is 23.3. The standard InChI is InChI=1S/C14H11ClN6O5S4/c1-26-9(22)6-27-13-19-18-12(28-13)21-30(24,25)14-20-17-11(29-14)16-10(23)7-2-4-8(15)5-3-7/h2-5H,6H2,1H3,(H,18,21)(H,16,17,23). The number of benzene rings is 1. The number of methoxy groups -OCH3 is 1. The van der Waals surface area contributed by atoms with Gasteiger partial charge in [-0.05, 0) is 24.3 Å². The largest absolute Gasteiger partial charge is 0.468 e. The fraction of sp³-hybridized carbons (Fsp3) is 0.143. The van der Waals surface area contributed by atoms with Crippen molar-refractivity contribution >= 4 is 78.2 Å². The van der Waals surface area contributed by atoms with Crippen LogP contribution in [0, 0.1) is 0 Å². The molecule has 0 aliphatic carbocycles. The van der Waals surface area contributed by atoms with E-state index in [1.165, 1.54) is 19.2 Å². The number of nitrogens with zero attached hydrogens (tertiary/aromatic N) is 4. The number of aromatic nitrogens is 4. The van der Waals surface area contributed by atoms with Crippen LogP contribution in [0.15, 0.2) is 32.9 Å². The van der Waals surface area contributed by atoms with E-state index in [2.05, 4.69) is 35.2 Å². The topological polar surface area (TPSA) is 153 Å². The Bertz CT molecular complexity index is 1160. The number of ether oxygens (including phenoxy) is 1. The Labute approximate surface area is 187 Å². The van der Waals surface area contributed by atoms with E-state index in [0.717, 1.165) is 23.1 Å². The maximum Gasteiger partial charge on any atom is 0.316 e. The molecule has 16 heteroatoms. The lowest BCUT2D eigenvalue weighted by molar-refractivity contribution is -0.137. The van der Waals surface area contributed by atoms with E-state index in [1.807, 2.05) is 0 Å². The zero-order valence-corrected chi connectivity index (χ0v) is 18.9. The molecule has 30 heavy (non-hydrogen) atoms. The minimum absolute atomic E-state index is 0.00177. The third-order valence-corrected chi connectivity index (χ3v) is 8.00. The molecule has 2 aromatic heterocycles. The van der Waals surface area contributed by atoms with Crippen molar-refractivity contribution in [3.63, 3.8) is 0 Å². The van der Waals surface area contributed by atoms with E-state index in [1.54, 1.807) is 12.1 Å². The van der Waals surface area contributed by atoms with Crippen molar-refractivity contribution in [2.75, 3.05) is 22.9 Å². The smallest absolute Gasteiger partial charge is 0.316 e. The molecule has 0 fully saturated rings. The van der Waals surface area contributed by atoms with Gasteiger partial charge in [0.15, 0.2) is 4.34 Å². The number of halogens is 1. The summed E-state index contributed by atoms with van der Waals surface area (Å²) in [6.45, 7) is 0. The van der Waals surface area contributed by atoms with Gasteiger partial charge in [-0.15, -0.1) is 20.4 Å². The zero-order valence-electron chi connectivity index (χ0n) is 14.9. The van der Waals surface area contributed by atoms with Crippen LogP contribution >= 0.6 is 46.0 Å². The van der Waals surface area contributed by atoms with Gasteiger partial charge in [0.2, 0.25) is 10.3 Å². The monoisotopic (exact) mass is 506 g/mol. The van der Waals surface area contributed by atoms with Crippen molar-refractivity contribution in [2.45, 2.75) is 8.68 Å². The van der Waals surface area contributed by atoms with Gasteiger partial charge in [0.1, 0.15) is 0 Å². The highest BCUT2D eigenvalue weighted by Gasteiger charge is 2.23. The molecule has 2 heterocycles. The highest BCUT2D eigenvalue weighted by molar-refractivity contribution is 8.01. The first-order valence-electron chi connectivity index (χ1n) is 7.73. The molecule has 0 saturated heterocycles. The molecule has 158 valence electrons. The van der Waals surface area contributed by atoms with Crippen LogP contribution in [-0.2, 0) is 19.6 Å². The van der Waals surface area contributed by atoms with Gasteiger partial charge in [-0.1, -0.05) is 46.0 Å². The number of rotatable bonds is 8. The number of nitrogens with one attached hydrogen (secondary N) is 2. The quantitative estimate of drug-likeness (QED) is 0.264. The number of amides is 1. The summed E-state index contributed by atoms with van der Waals surface area (Å²) in [5.74, 6) is -0.916. The molecule has 3 rings (SSSR count). The number of anilines is 2. The van der Waals surface area contributed by atoms with Crippen molar-refractivity contribution in [2.24, 2.45) is 0 Å². The van der Waals surface area contributed by atoms with Crippen LogP contribution in [-0.4, -0.2) is 53.6 Å². The van der Waals surface area contributed by atoms with Gasteiger partial charge in [0.25, 0.3) is 20.3 Å². The molecule has 0 radical (unpaired) electrons. The summed E-state index contributed by atoms with van der Waals surface area (Å²) in [7, 11) is -2.83. The first kappa shape index (κ1) is 22.4. The molecule has 0 aliphatic rings. The number of carbonyl (C=O) groups excluding carboxylic acids is 2. The molecule has 0 spiro atoms. The Morgan fingerprint density at radius 1 is 1.10 bits per heavy atom. The lowest BCUT2D eigenvalue weighted by atomic mass is 10.2. The zero-order chi connectivity index (χ0) is 21.7. The summed E-state index contributed by atoms with van der Waals surface area (Å²) >= 11 is 8.45. The fourth-order valence-corrected chi connectivity index (χ4v) is 5.62. The van der Waals surface area contributed by atoms with Crippen molar-refractivity contribution in [1.29, 1.82) is 0 Å². The van der Waals surface area contributed by atoms with Crippen LogP contribution in [0.5, 0.6) is 0 Å². The van der Waals surface area contributed by atoms with Crippen molar-refractivity contribution in [3.8, 4) is 0 Å². The normalized spacial score (nSPS) is 11.1. The Morgan fingerprint density at radius 3 is 2.50 bits per heavy atom. The van der Waals surface area contributed by atoms with Gasteiger partial charge < -0.3 is 4.74 Å². The molecule has 0 saturated carbocycles. The number of carbonyl (C=O) groups is 2. The molecule has 0 atom stereocenters. The predicted octanol–water partition coefficient (Wildman–Crippen LogP) is 2.36. The number of thioether (sulfide) groups is 1. The molecule has 0 bridgehead atoms.